The van der Waals surface area contributed by atoms with Crippen molar-refractivity contribution in [3.63, 3.8) is 0 Å². The van der Waals surface area contributed by atoms with Gasteiger partial charge in [0.1, 0.15) is 0 Å². The number of nitrogens with zero attached hydrogens (tertiary/aromatic N) is 1. The lowest BCUT2D eigenvalue weighted by atomic mass is 9.92. The Labute approximate surface area is 150 Å². The molecule has 3 rings (SSSR count). The van der Waals surface area contributed by atoms with Crippen LogP contribution in [-0.4, -0.2) is 37.0 Å². The zero-order chi connectivity index (χ0) is 16.9. The molecule has 0 unspecified atom stereocenters. The molecule has 1 amide bonds. The lowest BCUT2D eigenvalue weighted by Gasteiger charge is -2.34. The number of aryl methyl sites for hydroxylation is 1. The fourth-order valence-electron chi connectivity index (χ4n) is 4.44. The number of thiophene rings is 1. The topological polar surface area (TPSA) is 32.3 Å². The second-order valence-corrected chi connectivity index (χ2v) is 8.89. The van der Waals surface area contributed by atoms with Crippen LogP contribution in [-0.2, 0) is 12.8 Å². The highest BCUT2D eigenvalue weighted by Gasteiger charge is 2.22. The van der Waals surface area contributed by atoms with Gasteiger partial charge in [0.2, 0.25) is 0 Å². The van der Waals surface area contributed by atoms with Gasteiger partial charge in [-0.25, -0.2) is 0 Å². The molecule has 1 aliphatic carbocycles. The maximum Gasteiger partial charge on any atom is 0.252 e. The average Bonchev–Trinajstić information content (AvgIpc) is 2.79. The predicted octanol–water partition coefficient (Wildman–Crippen LogP) is 4.11. The third kappa shape index (κ3) is 4.60. The lowest BCUT2D eigenvalue weighted by Crippen LogP contribution is -2.40. The van der Waals surface area contributed by atoms with Gasteiger partial charge in [-0.2, -0.15) is 0 Å². The van der Waals surface area contributed by atoms with Crippen molar-refractivity contribution in [2.24, 2.45) is 11.8 Å². The molecule has 0 radical (unpaired) electrons. The molecule has 0 aromatic carbocycles. The molecule has 1 saturated heterocycles. The van der Waals surface area contributed by atoms with Crippen molar-refractivity contribution >= 4 is 17.2 Å². The van der Waals surface area contributed by atoms with Crippen LogP contribution in [0.15, 0.2) is 5.38 Å². The number of rotatable bonds is 5. The van der Waals surface area contributed by atoms with Gasteiger partial charge in [0, 0.05) is 29.9 Å². The standard InChI is InChI=1S/C20H32N2OS/c1-15-11-16(2)13-22(12-15)10-6-9-21-20(23)18-14-24-19-8-5-3-4-7-17(18)19/h14-16H,3-13H2,1-2H3,(H,21,23)/t15-,16-/m1/s1. The van der Waals surface area contributed by atoms with E-state index in [1.54, 1.807) is 11.3 Å². The zero-order valence-corrected chi connectivity index (χ0v) is 16.1. The summed E-state index contributed by atoms with van der Waals surface area (Å²) in [5.74, 6) is 1.77. The second kappa shape index (κ2) is 8.48. The number of carbonyl (C=O) groups excluding carboxylic acids is 1. The molecule has 134 valence electrons. The largest absolute Gasteiger partial charge is 0.352 e. The minimum absolute atomic E-state index is 0.148. The van der Waals surface area contributed by atoms with E-state index in [4.69, 9.17) is 0 Å². The van der Waals surface area contributed by atoms with E-state index in [-0.39, 0.29) is 5.91 Å². The Balaban J connectivity index is 1.44. The van der Waals surface area contributed by atoms with E-state index in [1.807, 2.05) is 0 Å². The summed E-state index contributed by atoms with van der Waals surface area (Å²) < 4.78 is 0. The monoisotopic (exact) mass is 348 g/mol. The van der Waals surface area contributed by atoms with Crippen LogP contribution in [0.3, 0.4) is 0 Å². The molecule has 0 bridgehead atoms. The minimum atomic E-state index is 0.148. The van der Waals surface area contributed by atoms with Gasteiger partial charge in [0.05, 0.1) is 5.56 Å². The van der Waals surface area contributed by atoms with Crippen molar-refractivity contribution < 1.29 is 4.79 Å². The van der Waals surface area contributed by atoms with Gasteiger partial charge < -0.3 is 10.2 Å². The van der Waals surface area contributed by atoms with Crippen LogP contribution in [0.1, 0.15) is 66.8 Å². The third-order valence-corrected chi connectivity index (χ3v) is 6.53. The first kappa shape index (κ1) is 17.9. The van der Waals surface area contributed by atoms with Crippen molar-refractivity contribution in [3.8, 4) is 0 Å². The summed E-state index contributed by atoms with van der Waals surface area (Å²) in [5.41, 5.74) is 2.30. The fourth-order valence-corrected chi connectivity index (χ4v) is 5.56. The second-order valence-electron chi connectivity index (χ2n) is 7.93. The molecule has 4 heteroatoms. The van der Waals surface area contributed by atoms with Gasteiger partial charge >= 0.3 is 0 Å². The van der Waals surface area contributed by atoms with Crippen LogP contribution in [0.2, 0.25) is 0 Å². The first-order valence-electron chi connectivity index (χ1n) is 9.73. The van der Waals surface area contributed by atoms with E-state index in [2.05, 4.69) is 29.4 Å². The maximum absolute atomic E-state index is 12.5. The number of hydrogen-bond donors (Lipinski definition) is 1. The fraction of sp³-hybridized carbons (Fsp3) is 0.750. The molecule has 1 aliphatic heterocycles. The summed E-state index contributed by atoms with van der Waals surface area (Å²) in [6.07, 6.45) is 8.48. The van der Waals surface area contributed by atoms with Crippen LogP contribution in [0.4, 0.5) is 0 Å². The number of likely N-dealkylation sites (tertiary alicyclic amines) is 1. The van der Waals surface area contributed by atoms with Gasteiger partial charge in [-0.1, -0.05) is 20.3 Å². The highest BCUT2D eigenvalue weighted by Crippen LogP contribution is 2.29. The predicted molar refractivity (Wildman–Crippen MR) is 102 cm³/mol. The quantitative estimate of drug-likeness (QED) is 0.641. The third-order valence-electron chi connectivity index (χ3n) is 5.44. The van der Waals surface area contributed by atoms with Gasteiger partial charge in [0.15, 0.2) is 0 Å². The summed E-state index contributed by atoms with van der Waals surface area (Å²) in [4.78, 5) is 16.6. The highest BCUT2D eigenvalue weighted by atomic mass is 32.1. The molecule has 0 spiro atoms. The Hall–Kier alpha value is -0.870. The maximum atomic E-state index is 12.5. The molecule has 2 atom stereocenters. The molecule has 3 nitrogen and oxygen atoms in total. The number of nitrogens with one attached hydrogen (secondary N) is 1. The van der Waals surface area contributed by atoms with Crippen LogP contribution >= 0.6 is 11.3 Å². The molecule has 1 aromatic rings. The molecule has 1 fully saturated rings. The summed E-state index contributed by atoms with van der Waals surface area (Å²) in [5, 5.41) is 5.24. The van der Waals surface area contributed by atoms with E-state index in [0.29, 0.717) is 0 Å². The summed E-state index contributed by atoms with van der Waals surface area (Å²) in [7, 11) is 0. The highest BCUT2D eigenvalue weighted by molar-refractivity contribution is 7.10. The Morgan fingerprint density at radius 2 is 1.96 bits per heavy atom. The Kier molecular flexibility index (Phi) is 6.34. The molecular weight excluding hydrogens is 316 g/mol. The first-order chi connectivity index (χ1) is 11.6. The summed E-state index contributed by atoms with van der Waals surface area (Å²) >= 11 is 1.79. The van der Waals surface area contributed by atoms with Crippen LogP contribution in [0.5, 0.6) is 0 Å². The Morgan fingerprint density at radius 1 is 1.21 bits per heavy atom. The number of carbonyl (C=O) groups is 1. The molecular formula is C20H32N2OS. The Morgan fingerprint density at radius 3 is 2.75 bits per heavy atom. The number of fused-ring (bicyclic) bond motifs is 1. The van der Waals surface area contributed by atoms with Crippen molar-refractivity contribution in [2.75, 3.05) is 26.2 Å². The van der Waals surface area contributed by atoms with E-state index in [1.165, 1.54) is 55.6 Å². The van der Waals surface area contributed by atoms with E-state index in [0.717, 1.165) is 43.3 Å². The average molecular weight is 349 g/mol. The molecule has 1 N–H and O–H groups in total. The Bertz CT molecular complexity index is 544. The van der Waals surface area contributed by atoms with E-state index >= 15 is 0 Å². The van der Waals surface area contributed by atoms with E-state index in [9.17, 15) is 4.79 Å². The SMILES string of the molecule is C[C@@H]1C[C@@H](C)CN(CCCNC(=O)c2csc3c2CCCCC3)C1. The molecule has 2 heterocycles. The van der Waals surface area contributed by atoms with Crippen LogP contribution in [0.25, 0.3) is 0 Å². The normalized spacial score (nSPS) is 25.1. The molecule has 0 saturated carbocycles. The molecule has 24 heavy (non-hydrogen) atoms. The first-order valence-corrected chi connectivity index (χ1v) is 10.6. The minimum Gasteiger partial charge on any atom is -0.352 e. The van der Waals surface area contributed by atoms with Crippen molar-refractivity contribution in [1.29, 1.82) is 0 Å². The van der Waals surface area contributed by atoms with Crippen molar-refractivity contribution in [3.05, 3.63) is 21.4 Å². The van der Waals surface area contributed by atoms with Gasteiger partial charge in [-0.3, -0.25) is 4.79 Å². The lowest BCUT2D eigenvalue weighted by molar-refractivity contribution is 0.0947. The van der Waals surface area contributed by atoms with Gasteiger partial charge in [-0.05, 0) is 62.5 Å². The van der Waals surface area contributed by atoms with Crippen LogP contribution in [0, 0.1) is 11.8 Å². The number of piperidine rings is 1. The number of amides is 1. The summed E-state index contributed by atoms with van der Waals surface area (Å²) in [6, 6.07) is 0. The molecule has 1 aromatic heterocycles. The summed E-state index contributed by atoms with van der Waals surface area (Å²) in [6.45, 7) is 9.05. The van der Waals surface area contributed by atoms with Crippen molar-refractivity contribution in [2.45, 2.75) is 58.8 Å². The van der Waals surface area contributed by atoms with Crippen LogP contribution < -0.4 is 5.32 Å². The smallest absolute Gasteiger partial charge is 0.252 e. The number of hydrogen-bond acceptors (Lipinski definition) is 3. The van der Waals surface area contributed by atoms with Gasteiger partial charge in [-0.15, -0.1) is 11.3 Å². The zero-order valence-electron chi connectivity index (χ0n) is 15.3. The van der Waals surface area contributed by atoms with Gasteiger partial charge in [0.25, 0.3) is 5.91 Å². The van der Waals surface area contributed by atoms with E-state index < -0.39 is 0 Å². The molecule has 2 aliphatic rings. The van der Waals surface area contributed by atoms with Crippen molar-refractivity contribution in [1.82, 2.24) is 10.2 Å².